The Morgan fingerprint density at radius 2 is 2.00 bits per heavy atom. The molecule has 15 heavy (non-hydrogen) atoms. The third kappa shape index (κ3) is 2.71. The van der Waals surface area contributed by atoms with E-state index in [-0.39, 0.29) is 5.82 Å². The third-order valence-electron chi connectivity index (χ3n) is 2.67. The summed E-state index contributed by atoms with van der Waals surface area (Å²) < 4.78 is 1.39. The Morgan fingerprint density at radius 3 is 2.47 bits per heavy atom. The number of anilines is 1. The van der Waals surface area contributed by atoms with Gasteiger partial charge in [0.05, 0.1) is 0 Å². The van der Waals surface area contributed by atoms with Gasteiger partial charge in [-0.1, -0.05) is 20.8 Å². The zero-order chi connectivity index (χ0) is 11.6. The van der Waals surface area contributed by atoms with Crippen LogP contribution in [0.15, 0.2) is 15.7 Å². The quantitative estimate of drug-likeness (QED) is 0.759. The molecule has 0 aliphatic carbocycles. The monoisotopic (exact) mass is 211 g/mol. The van der Waals surface area contributed by atoms with E-state index in [9.17, 15) is 9.59 Å². The van der Waals surface area contributed by atoms with Crippen LogP contribution in [-0.4, -0.2) is 9.55 Å². The standard InChI is InChI=1S/C10H17N3O2/c1-6(2)7(3)5-13-8(11)4-9(14)12-10(13)15/h4,6-7H,5,11H2,1-3H3,(H,12,14,15). The molecule has 1 aromatic rings. The molecule has 84 valence electrons. The SMILES string of the molecule is CC(C)C(C)Cn1c(N)cc(=O)[nH]c1=O. The van der Waals surface area contributed by atoms with Crippen molar-refractivity contribution in [3.05, 3.63) is 26.9 Å². The minimum atomic E-state index is -0.453. The molecule has 5 nitrogen and oxygen atoms in total. The number of nitrogen functional groups attached to an aromatic ring is 1. The lowest BCUT2D eigenvalue weighted by Crippen LogP contribution is -2.33. The maximum atomic E-state index is 11.4. The lowest BCUT2D eigenvalue weighted by molar-refractivity contribution is 0.360. The number of nitrogens with zero attached hydrogens (tertiary/aromatic N) is 1. The van der Waals surface area contributed by atoms with Gasteiger partial charge in [-0.25, -0.2) is 4.79 Å². The van der Waals surface area contributed by atoms with Gasteiger partial charge >= 0.3 is 5.69 Å². The van der Waals surface area contributed by atoms with Crippen LogP contribution in [0.1, 0.15) is 20.8 Å². The summed E-state index contributed by atoms with van der Waals surface area (Å²) in [6, 6.07) is 1.23. The second-order valence-corrected chi connectivity index (χ2v) is 4.20. The van der Waals surface area contributed by atoms with Gasteiger partial charge in [-0.3, -0.25) is 14.3 Å². The normalized spacial score (nSPS) is 13.1. The van der Waals surface area contributed by atoms with Gasteiger partial charge in [-0.2, -0.15) is 0 Å². The molecule has 3 N–H and O–H groups in total. The van der Waals surface area contributed by atoms with Crippen molar-refractivity contribution in [1.29, 1.82) is 0 Å². The molecule has 1 unspecified atom stereocenters. The molecule has 0 saturated carbocycles. The van der Waals surface area contributed by atoms with E-state index < -0.39 is 11.2 Å². The van der Waals surface area contributed by atoms with Crippen molar-refractivity contribution in [2.45, 2.75) is 27.3 Å². The molecule has 1 aromatic heterocycles. The van der Waals surface area contributed by atoms with Crippen molar-refractivity contribution in [2.24, 2.45) is 11.8 Å². The number of H-pyrrole nitrogens is 1. The third-order valence-corrected chi connectivity index (χ3v) is 2.67. The second kappa shape index (κ2) is 4.33. The predicted molar refractivity (Wildman–Crippen MR) is 59.7 cm³/mol. The van der Waals surface area contributed by atoms with E-state index in [0.29, 0.717) is 18.4 Å². The van der Waals surface area contributed by atoms with Crippen LogP contribution in [0, 0.1) is 11.8 Å². The summed E-state index contributed by atoms with van der Waals surface area (Å²) >= 11 is 0. The molecule has 0 aliphatic heterocycles. The van der Waals surface area contributed by atoms with Crippen molar-refractivity contribution in [3.8, 4) is 0 Å². The molecule has 0 bridgehead atoms. The molecule has 0 radical (unpaired) electrons. The van der Waals surface area contributed by atoms with Crippen LogP contribution in [0.25, 0.3) is 0 Å². The molecule has 0 amide bonds. The van der Waals surface area contributed by atoms with Gasteiger partial charge in [-0.05, 0) is 11.8 Å². The number of nitrogens with two attached hydrogens (primary N) is 1. The second-order valence-electron chi connectivity index (χ2n) is 4.20. The van der Waals surface area contributed by atoms with E-state index in [1.54, 1.807) is 0 Å². The van der Waals surface area contributed by atoms with Crippen LogP contribution in [0.3, 0.4) is 0 Å². The molecular weight excluding hydrogens is 194 g/mol. The molecule has 5 heteroatoms. The van der Waals surface area contributed by atoms with Crippen molar-refractivity contribution >= 4 is 5.82 Å². The van der Waals surface area contributed by atoms with Crippen molar-refractivity contribution in [1.82, 2.24) is 9.55 Å². The van der Waals surface area contributed by atoms with Gasteiger partial charge in [0.2, 0.25) is 0 Å². The molecular formula is C10H17N3O2. The Balaban J connectivity index is 3.06. The number of aromatic nitrogens is 2. The topological polar surface area (TPSA) is 80.9 Å². The first-order valence-electron chi connectivity index (χ1n) is 5.01. The summed E-state index contributed by atoms with van der Waals surface area (Å²) in [5.41, 5.74) is 4.72. The van der Waals surface area contributed by atoms with Crippen LogP contribution < -0.4 is 17.0 Å². The van der Waals surface area contributed by atoms with Gasteiger partial charge in [-0.15, -0.1) is 0 Å². The fraction of sp³-hybridized carbons (Fsp3) is 0.600. The van der Waals surface area contributed by atoms with Crippen molar-refractivity contribution < 1.29 is 0 Å². The highest BCUT2D eigenvalue weighted by molar-refractivity contribution is 5.26. The highest BCUT2D eigenvalue weighted by Gasteiger charge is 2.11. The number of hydrogen-bond acceptors (Lipinski definition) is 3. The van der Waals surface area contributed by atoms with E-state index in [1.165, 1.54) is 10.6 Å². The van der Waals surface area contributed by atoms with Gasteiger partial charge in [0.15, 0.2) is 0 Å². The van der Waals surface area contributed by atoms with E-state index in [4.69, 9.17) is 5.73 Å². The smallest absolute Gasteiger partial charge is 0.329 e. The minimum Gasteiger partial charge on any atom is -0.385 e. The fourth-order valence-corrected chi connectivity index (χ4v) is 1.23. The zero-order valence-corrected chi connectivity index (χ0v) is 9.28. The van der Waals surface area contributed by atoms with Gasteiger partial charge < -0.3 is 5.73 Å². The van der Waals surface area contributed by atoms with Crippen LogP contribution in [0.2, 0.25) is 0 Å². The largest absolute Gasteiger partial charge is 0.385 e. The molecule has 1 heterocycles. The van der Waals surface area contributed by atoms with E-state index in [1.807, 2.05) is 6.92 Å². The van der Waals surface area contributed by atoms with Crippen LogP contribution >= 0.6 is 0 Å². The maximum Gasteiger partial charge on any atom is 0.329 e. The van der Waals surface area contributed by atoms with Crippen LogP contribution in [-0.2, 0) is 6.54 Å². The highest BCUT2D eigenvalue weighted by Crippen LogP contribution is 2.12. The van der Waals surface area contributed by atoms with Gasteiger partial charge in [0.1, 0.15) is 5.82 Å². The van der Waals surface area contributed by atoms with Crippen molar-refractivity contribution in [3.63, 3.8) is 0 Å². The summed E-state index contributed by atoms with van der Waals surface area (Å²) in [6.07, 6.45) is 0. The summed E-state index contributed by atoms with van der Waals surface area (Å²) in [7, 11) is 0. The Kier molecular flexibility index (Phi) is 3.34. The Hall–Kier alpha value is -1.52. The summed E-state index contributed by atoms with van der Waals surface area (Å²) in [4.78, 5) is 24.6. The molecule has 0 aliphatic rings. The molecule has 0 saturated heterocycles. The predicted octanol–water partition coefficient (Wildman–Crippen LogP) is 0.411. The fourth-order valence-electron chi connectivity index (χ4n) is 1.23. The van der Waals surface area contributed by atoms with Gasteiger partial charge in [0.25, 0.3) is 5.56 Å². The number of nitrogens with one attached hydrogen (secondary N) is 1. The van der Waals surface area contributed by atoms with Crippen LogP contribution in [0.5, 0.6) is 0 Å². The number of rotatable bonds is 3. The molecule has 1 atom stereocenters. The Morgan fingerprint density at radius 1 is 1.40 bits per heavy atom. The Bertz CT molecular complexity index is 445. The lowest BCUT2D eigenvalue weighted by atomic mass is 9.98. The highest BCUT2D eigenvalue weighted by atomic mass is 16.2. The van der Waals surface area contributed by atoms with Crippen molar-refractivity contribution in [2.75, 3.05) is 5.73 Å². The maximum absolute atomic E-state index is 11.4. The molecule has 0 aromatic carbocycles. The number of hydrogen-bond donors (Lipinski definition) is 2. The molecule has 0 spiro atoms. The minimum absolute atomic E-state index is 0.219. The summed E-state index contributed by atoms with van der Waals surface area (Å²) in [6.45, 7) is 6.73. The molecule has 0 fully saturated rings. The first-order chi connectivity index (χ1) is 6.91. The molecule has 1 rings (SSSR count). The van der Waals surface area contributed by atoms with Gasteiger partial charge in [0, 0.05) is 12.6 Å². The first kappa shape index (κ1) is 11.6. The lowest BCUT2D eigenvalue weighted by Gasteiger charge is -2.17. The summed E-state index contributed by atoms with van der Waals surface area (Å²) in [5.74, 6) is 1.01. The van der Waals surface area contributed by atoms with E-state index >= 15 is 0 Å². The zero-order valence-electron chi connectivity index (χ0n) is 9.28. The summed E-state index contributed by atoms with van der Waals surface area (Å²) in [5, 5.41) is 0. The van der Waals surface area contributed by atoms with Crippen LogP contribution in [0.4, 0.5) is 5.82 Å². The average Bonchev–Trinajstić information content (AvgIpc) is 2.10. The van der Waals surface area contributed by atoms with E-state index in [2.05, 4.69) is 18.8 Å². The number of aromatic amines is 1. The average molecular weight is 211 g/mol. The van der Waals surface area contributed by atoms with E-state index in [0.717, 1.165) is 0 Å². The Labute approximate surface area is 87.9 Å². The first-order valence-corrected chi connectivity index (χ1v) is 5.01.